The highest BCUT2D eigenvalue weighted by molar-refractivity contribution is 8.13. The monoisotopic (exact) mass is 209 g/mol. The summed E-state index contributed by atoms with van der Waals surface area (Å²) in [6, 6.07) is 7.76. The summed E-state index contributed by atoms with van der Waals surface area (Å²) in [7, 11) is 0. The lowest BCUT2D eigenvalue weighted by atomic mass is 10.2. The first-order valence-electron chi connectivity index (χ1n) is 4.52. The molecule has 3 nitrogen and oxygen atoms in total. The number of thioether (sulfide) groups is 1. The number of nitrogens with two attached hydrogens (primary N) is 2. The second-order valence-corrected chi connectivity index (χ2v) is 4.00. The Morgan fingerprint density at radius 1 is 1.43 bits per heavy atom. The van der Waals surface area contributed by atoms with Crippen LogP contribution in [0.5, 0.6) is 0 Å². The summed E-state index contributed by atoms with van der Waals surface area (Å²) in [5, 5.41) is 0.591. The number of aliphatic imine (C=N–C) groups is 1. The molecule has 1 rings (SSSR count). The van der Waals surface area contributed by atoms with Crippen LogP contribution in [0.3, 0.4) is 0 Å². The van der Waals surface area contributed by atoms with E-state index >= 15 is 0 Å². The third kappa shape index (κ3) is 3.05. The fourth-order valence-corrected chi connectivity index (χ4v) is 1.55. The molecule has 1 aromatic carbocycles. The lowest BCUT2D eigenvalue weighted by Crippen LogP contribution is -2.06. The molecule has 0 bridgehead atoms. The van der Waals surface area contributed by atoms with Crippen molar-refractivity contribution < 1.29 is 0 Å². The SMILES string of the molecule is CCSC(N)=Nc1ccccc1CN. The fourth-order valence-electron chi connectivity index (χ4n) is 1.09. The highest BCUT2D eigenvalue weighted by atomic mass is 32.2. The molecule has 0 spiro atoms. The lowest BCUT2D eigenvalue weighted by molar-refractivity contribution is 1.07. The van der Waals surface area contributed by atoms with Crippen LogP contribution in [0.1, 0.15) is 12.5 Å². The Morgan fingerprint density at radius 2 is 2.14 bits per heavy atom. The lowest BCUT2D eigenvalue weighted by Gasteiger charge is -2.03. The fraction of sp³-hybridized carbons (Fsp3) is 0.300. The molecule has 0 fully saturated rings. The highest BCUT2D eigenvalue weighted by Gasteiger charge is 1.98. The molecular weight excluding hydrogens is 194 g/mol. The molecule has 0 aliphatic heterocycles. The molecule has 0 saturated carbocycles. The van der Waals surface area contributed by atoms with E-state index in [1.165, 1.54) is 11.8 Å². The molecular formula is C10H15N3S. The zero-order chi connectivity index (χ0) is 10.4. The van der Waals surface area contributed by atoms with Crippen molar-refractivity contribution in [2.45, 2.75) is 13.5 Å². The molecule has 0 radical (unpaired) electrons. The summed E-state index contributed by atoms with van der Waals surface area (Å²) in [4.78, 5) is 4.30. The molecule has 4 heteroatoms. The topological polar surface area (TPSA) is 64.4 Å². The minimum atomic E-state index is 0.490. The van der Waals surface area contributed by atoms with Crippen LogP contribution < -0.4 is 11.5 Å². The Kier molecular flexibility index (Phi) is 4.49. The minimum absolute atomic E-state index is 0.490. The van der Waals surface area contributed by atoms with E-state index in [0.717, 1.165) is 17.0 Å². The van der Waals surface area contributed by atoms with Crippen molar-refractivity contribution in [1.82, 2.24) is 0 Å². The van der Waals surface area contributed by atoms with Gasteiger partial charge < -0.3 is 11.5 Å². The van der Waals surface area contributed by atoms with Gasteiger partial charge in [0.05, 0.1) is 5.69 Å². The maximum absolute atomic E-state index is 5.71. The Balaban J connectivity index is 2.89. The van der Waals surface area contributed by atoms with Crippen molar-refractivity contribution in [3.05, 3.63) is 29.8 Å². The van der Waals surface area contributed by atoms with Crippen LogP contribution in [-0.2, 0) is 6.54 Å². The van der Waals surface area contributed by atoms with Crippen LogP contribution in [0, 0.1) is 0 Å². The van der Waals surface area contributed by atoms with E-state index in [1.807, 2.05) is 31.2 Å². The first-order valence-corrected chi connectivity index (χ1v) is 5.51. The van der Waals surface area contributed by atoms with E-state index in [0.29, 0.717) is 11.7 Å². The molecule has 0 amide bonds. The number of para-hydroxylation sites is 1. The first kappa shape index (κ1) is 11.1. The van der Waals surface area contributed by atoms with Crippen molar-refractivity contribution in [1.29, 1.82) is 0 Å². The van der Waals surface area contributed by atoms with E-state index in [-0.39, 0.29) is 0 Å². The van der Waals surface area contributed by atoms with Crippen molar-refractivity contribution in [3.8, 4) is 0 Å². The molecule has 0 aromatic heterocycles. The average Bonchev–Trinajstić information content (AvgIpc) is 2.19. The molecule has 1 aromatic rings. The minimum Gasteiger partial charge on any atom is -0.378 e. The molecule has 0 atom stereocenters. The Bertz CT molecular complexity index is 323. The van der Waals surface area contributed by atoms with Crippen LogP contribution in [-0.4, -0.2) is 10.9 Å². The molecule has 0 aliphatic carbocycles. The van der Waals surface area contributed by atoms with Gasteiger partial charge in [-0.1, -0.05) is 36.9 Å². The number of benzene rings is 1. The van der Waals surface area contributed by atoms with Crippen molar-refractivity contribution >= 4 is 22.6 Å². The number of hydrogen-bond acceptors (Lipinski definition) is 3. The van der Waals surface area contributed by atoms with Crippen molar-refractivity contribution in [3.63, 3.8) is 0 Å². The van der Waals surface area contributed by atoms with Gasteiger partial charge in [0.2, 0.25) is 0 Å². The molecule has 0 aliphatic rings. The summed E-state index contributed by atoms with van der Waals surface area (Å²) >= 11 is 1.53. The Labute approximate surface area is 88.6 Å². The summed E-state index contributed by atoms with van der Waals surface area (Å²) in [5.41, 5.74) is 13.2. The zero-order valence-electron chi connectivity index (χ0n) is 8.23. The molecule has 0 heterocycles. The molecule has 0 saturated heterocycles. The highest BCUT2D eigenvalue weighted by Crippen LogP contribution is 2.19. The zero-order valence-corrected chi connectivity index (χ0v) is 9.05. The van der Waals surface area contributed by atoms with Gasteiger partial charge in [0, 0.05) is 6.54 Å². The van der Waals surface area contributed by atoms with Gasteiger partial charge in [0.25, 0.3) is 0 Å². The predicted molar refractivity (Wildman–Crippen MR) is 63.7 cm³/mol. The third-order valence-electron chi connectivity index (χ3n) is 1.73. The van der Waals surface area contributed by atoms with Gasteiger partial charge in [-0.25, -0.2) is 4.99 Å². The second kappa shape index (κ2) is 5.67. The smallest absolute Gasteiger partial charge is 0.159 e. The largest absolute Gasteiger partial charge is 0.378 e. The predicted octanol–water partition coefficient (Wildman–Crippen LogP) is 1.84. The van der Waals surface area contributed by atoms with Crippen LogP contribution in [0.25, 0.3) is 0 Å². The maximum Gasteiger partial charge on any atom is 0.159 e. The molecule has 14 heavy (non-hydrogen) atoms. The van der Waals surface area contributed by atoms with Crippen molar-refractivity contribution in [2.24, 2.45) is 16.5 Å². The molecule has 4 N–H and O–H groups in total. The molecule has 0 unspecified atom stereocenters. The van der Waals surface area contributed by atoms with Crippen LogP contribution >= 0.6 is 11.8 Å². The van der Waals surface area contributed by atoms with E-state index in [9.17, 15) is 0 Å². The number of nitrogens with zero attached hydrogens (tertiary/aromatic N) is 1. The van der Waals surface area contributed by atoms with Gasteiger partial charge in [-0.15, -0.1) is 0 Å². The average molecular weight is 209 g/mol. The number of rotatable bonds is 3. The first-order chi connectivity index (χ1) is 6.77. The second-order valence-electron chi connectivity index (χ2n) is 2.72. The van der Waals surface area contributed by atoms with Crippen LogP contribution in [0.4, 0.5) is 5.69 Å². The normalized spacial score (nSPS) is 11.7. The number of amidine groups is 1. The standard InChI is InChI=1S/C10H15N3S/c1-2-14-10(12)13-9-6-4-3-5-8(9)7-11/h3-6H,2,7,11H2,1H3,(H2,12,13). The Hall–Kier alpha value is -1.00. The summed E-state index contributed by atoms with van der Waals surface area (Å²) in [6.07, 6.45) is 0. The van der Waals surface area contributed by atoms with Crippen molar-refractivity contribution in [2.75, 3.05) is 5.75 Å². The van der Waals surface area contributed by atoms with Gasteiger partial charge >= 0.3 is 0 Å². The Morgan fingerprint density at radius 3 is 2.79 bits per heavy atom. The number of hydrogen-bond donors (Lipinski definition) is 2. The summed E-state index contributed by atoms with van der Waals surface area (Å²) < 4.78 is 0. The quantitative estimate of drug-likeness (QED) is 0.590. The van der Waals surface area contributed by atoms with E-state index in [2.05, 4.69) is 4.99 Å². The van der Waals surface area contributed by atoms with Gasteiger partial charge in [-0.05, 0) is 17.4 Å². The third-order valence-corrected chi connectivity index (χ3v) is 2.41. The van der Waals surface area contributed by atoms with Gasteiger partial charge in [-0.2, -0.15) is 0 Å². The van der Waals surface area contributed by atoms with Gasteiger partial charge in [0.1, 0.15) is 0 Å². The summed E-state index contributed by atoms with van der Waals surface area (Å²) in [6.45, 7) is 2.53. The van der Waals surface area contributed by atoms with Gasteiger partial charge in [-0.3, -0.25) is 0 Å². The summed E-state index contributed by atoms with van der Waals surface area (Å²) in [5.74, 6) is 0.931. The maximum atomic E-state index is 5.71. The molecule has 76 valence electrons. The van der Waals surface area contributed by atoms with Crippen LogP contribution in [0.15, 0.2) is 29.3 Å². The van der Waals surface area contributed by atoms with Crippen LogP contribution in [0.2, 0.25) is 0 Å². The van der Waals surface area contributed by atoms with E-state index in [1.54, 1.807) is 0 Å². The van der Waals surface area contributed by atoms with E-state index < -0.39 is 0 Å². The van der Waals surface area contributed by atoms with Gasteiger partial charge in [0.15, 0.2) is 5.17 Å². The van der Waals surface area contributed by atoms with E-state index in [4.69, 9.17) is 11.5 Å².